The number of hydrogen-bond acceptors (Lipinski definition) is 7. The largest absolute Gasteiger partial charge is 0.507 e. The number of benzene rings is 2. The second-order valence-corrected chi connectivity index (χ2v) is 8.91. The smallest absolute Gasteiger partial charge is 0.323 e. The summed E-state index contributed by atoms with van der Waals surface area (Å²) in [4.78, 5) is 36.7. The van der Waals surface area contributed by atoms with Gasteiger partial charge in [-0.15, -0.1) is 0 Å². The summed E-state index contributed by atoms with van der Waals surface area (Å²) in [7, 11) is 1.24. The predicted octanol–water partition coefficient (Wildman–Crippen LogP) is 3.20. The van der Waals surface area contributed by atoms with Crippen LogP contribution in [0.15, 0.2) is 53.3 Å². The molecule has 2 N–H and O–H groups in total. The molecule has 1 atom stereocenters. The molecule has 1 aliphatic rings. The van der Waals surface area contributed by atoms with Crippen molar-refractivity contribution in [1.29, 1.82) is 0 Å². The Kier molecular flexibility index (Phi) is 7.81. The Morgan fingerprint density at radius 2 is 1.89 bits per heavy atom. The fraction of sp³-hybridized carbons (Fsp3) is 0.321. The van der Waals surface area contributed by atoms with E-state index in [9.17, 15) is 24.6 Å². The lowest BCUT2D eigenvalue weighted by Gasteiger charge is -2.20. The number of ether oxygens (including phenoxy) is 3. The molecule has 4 rings (SSSR count). The van der Waals surface area contributed by atoms with Crippen LogP contribution in [0.2, 0.25) is 0 Å². The van der Waals surface area contributed by atoms with Crippen LogP contribution >= 0.6 is 0 Å². The number of carboxylic acids is 1. The average Bonchev–Trinajstić information content (AvgIpc) is 3.34. The van der Waals surface area contributed by atoms with Crippen molar-refractivity contribution in [2.24, 2.45) is 0 Å². The molecular formula is C28H29NO8. The first-order chi connectivity index (χ1) is 17.8. The van der Waals surface area contributed by atoms with E-state index < -0.39 is 30.0 Å². The minimum absolute atomic E-state index is 0.0634. The van der Waals surface area contributed by atoms with E-state index in [-0.39, 0.29) is 17.7 Å². The SMILES string of the molecule is COC(=O)C[C@@H](c1ccc(OCCc2ccc3c(c2)CCO3)cc1)c1c(O)cc(C)n(CC(=O)O)c1=O. The molecule has 0 radical (unpaired) electrons. The van der Waals surface area contributed by atoms with Gasteiger partial charge in [-0.2, -0.15) is 0 Å². The van der Waals surface area contributed by atoms with E-state index in [0.717, 1.165) is 28.7 Å². The van der Waals surface area contributed by atoms with E-state index in [2.05, 4.69) is 6.07 Å². The van der Waals surface area contributed by atoms with E-state index in [1.807, 2.05) is 12.1 Å². The highest BCUT2D eigenvalue weighted by Crippen LogP contribution is 2.33. The van der Waals surface area contributed by atoms with Crippen molar-refractivity contribution in [3.05, 3.63) is 86.8 Å². The first-order valence-electron chi connectivity index (χ1n) is 12.0. The summed E-state index contributed by atoms with van der Waals surface area (Å²) in [6.07, 6.45) is 1.42. The molecule has 3 aromatic rings. The Bertz CT molecular complexity index is 1360. The van der Waals surface area contributed by atoms with E-state index in [1.54, 1.807) is 24.3 Å². The highest BCUT2D eigenvalue weighted by molar-refractivity contribution is 5.72. The molecule has 1 aromatic heterocycles. The Hall–Kier alpha value is -4.27. The zero-order valence-electron chi connectivity index (χ0n) is 20.7. The number of aryl methyl sites for hydroxylation is 1. The minimum Gasteiger partial charge on any atom is -0.507 e. The molecule has 1 aliphatic heterocycles. The number of pyridine rings is 1. The molecule has 0 fully saturated rings. The monoisotopic (exact) mass is 507 g/mol. The lowest BCUT2D eigenvalue weighted by atomic mass is 9.88. The van der Waals surface area contributed by atoms with Crippen molar-refractivity contribution < 1.29 is 34.0 Å². The Balaban J connectivity index is 1.54. The van der Waals surface area contributed by atoms with Gasteiger partial charge >= 0.3 is 11.9 Å². The number of aliphatic carboxylic acids is 1. The highest BCUT2D eigenvalue weighted by atomic mass is 16.5. The van der Waals surface area contributed by atoms with Crippen molar-refractivity contribution in [3.8, 4) is 17.2 Å². The van der Waals surface area contributed by atoms with Crippen LogP contribution < -0.4 is 15.0 Å². The lowest BCUT2D eigenvalue weighted by molar-refractivity contribution is -0.141. The zero-order chi connectivity index (χ0) is 26.5. The van der Waals surface area contributed by atoms with Crippen molar-refractivity contribution >= 4 is 11.9 Å². The highest BCUT2D eigenvalue weighted by Gasteiger charge is 2.27. The molecule has 37 heavy (non-hydrogen) atoms. The van der Waals surface area contributed by atoms with Gasteiger partial charge in [0.25, 0.3) is 5.56 Å². The molecule has 194 valence electrons. The van der Waals surface area contributed by atoms with E-state index in [4.69, 9.17) is 14.2 Å². The Morgan fingerprint density at radius 1 is 1.14 bits per heavy atom. The average molecular weight is 508 g/mol. The molecule has 0 saturated heterocycles. The van der Waals surface area contributed by atoms with Gasteiger partial charge < -0.3 is 29.0 Å². The van der Waals surface area contributed by atoms with E-state index >= 15 is 0 Å². The topological polar surface area (TPSA) is 124 Å². The molecule has 0 amide bonds. The number of methoxy groups -OCH3 is 1. The maximum Gasteiger partial charge on any atom is 0.323 e. The third-order valence-electron chi connectivity index (χ3n) is 6.46. The van der Waals surface area contributed by atoms with Gasteiger partial charge in [-0.05, 0) is 47.9 Å². The molecular weight excluding hydrogens is 478 g/mol. The van der Waals surface area contributed by atoms with E-state index in [1.165, 1.54) is 25.7 Å². The molecule has 0 aliphatic carbocycles. The number of carboxylic acid groups (broad SMARTS) is 1. The van der Waals surface area contributed by atoms with Crippen molar-refractivity contribution in [2.75, 3.05) is 20.3 Å². The normalized spacial score (nSPS) is 12.9. The van der Waals surface area contributed by atoms with Crippen LogP contribution in [0.25, 0.3) is 0 Å². The standard InChI is InChI=1S/C28H29NO8/c1-17-13-23(30)27(28(34)29(17)16-25(31)32)22(15-26(33)35-2)19-4-6-21(7-5-19)36-11-9-18-3-8-24-20(14-18)10-12-37-24/h3-8,13-14,22,30H,9-12,15-16H2,1-2H3,(H,31,32)/t22-/m0/s1. The second-order valence-electron chi connectivity index (χ2n) is 8.91. The van der Waals surface area contributed by atoms with Crippen LogP contribution in [0, 0.1) is 6.92 Å². The van der Waals surface area contributed by atoms with Gasteiger partial charge in [0.05, 0.1) is 32.3 Å². The third-order valence-corrected chi connectivity index (χ3v) is 6.46. The molecule has 2 aromatic carbocycles. The van der Waals surface area contributed by atoms with E-state index in [0.29, 0.717) is 30.2 Å². The Morgan fingerprint density at radius 3 is 2.59 bits per heavy atom. The van der Waals surface area contributed by atoms with Gasteiger partial charge in [-0.25, -0.2) is 0 Å². The summed E-state index contributed by atoms with van der Waals surface area (Å²) >= 11 is 0. The van der Waals surface area contributed by atoms with Gasteiger partial charge in [-0.3, -0.25) is 14.4 Å². The number of rotatable bonds is 10. The van der Waals surface area contributed by atoms with Gasteiger partial charge in [-0.1, -0.05) is 24.3 Å². The van der Waals surface area contributed by atoms with Crippen LogP contribution in [0.4, 0.5) is 0 Å². The Labute approximate surface area is 213 Å². The predicted molar refractivity (Wildman–Crippen MR) is 134 cm³/mol. The molecule has 2 heterocycles. The molecule has 9 nitrogen and oxygen atoms in total. The number of fused-ring (bicyclic) bond motifs is 1. The summed E-state index contributed by atoms with van der Waals surface area (Å²) in [6, 6.07) is 14.4. The minimum atomic E-state index is -1.19. The molecule has 0 saturated carbocycles. The maximum atomic E-state index is 13.2. The van der Waals surface area contributed by atoms with Crippen molar-refractivity contribution in [3.63, 3.8) is 0 Å². The number of aromatic hydroxyl groups is 1. The summed E-state index contributed by atoms with van der Waals surface area (Å²) in [5, 5.41) is 19.9. The van der Waals surface area contributed by atoms with Crippen LogP contribution in [0.3, 0.4) is 0 Å². The number of esters is 1. The van der Waals surface area contributed by atoms with Crippen LogP contribution in [0.1, 0.15) is 40.3 Å². The quantitative estimate of drug-likeness (QED) is 0.401. The first kappa shape index (κ1) is 25.8. The van der Waals surface area contributed by atoms with Crippen LogP contribution in [-0.4, -0.2) is 47.0 Å². The number of carbonyl (C=O) groups excluding carboxylic acids is 1. The molecule has 0 unspecified atom stereocenters. The summed E-state index contributed by atoms with van der Waals surface area (Å²) in [5.41, 5.74) is 2.51. The first-order valence-corrected chi connectivity index (χ1v) is 12.0. The number of aromatic nitrogens is 1. The van der Waals surface area contributed by atoms with Gasteiger partial charge in [0, 0.05) is 24.5 Å². The van der Waals surface area contributed by atoms with Gasteiger partial charge in [0.1, 0.15) is 23.8 Å². The number of carbonyl (C=O) groups is 2. The van der Waals surface area contributed by atoms with Gasteiger partial charge in [0.15, 0.2) is 0 Å². The maximum absolute atomic E-state index is 13.2. The van der Waals surface area contributed by atoms with Crippen LogP contribution in [0.5, 0.6) is 17.2 Å². The molecule has 9 heteroatoms. The third kappa shape index (κ3) is 5.94. The second kappa shape index (κ2) is 11.2. The fourth-order valence-electron chi connectivity index (χ4n) is 4.54. The van der Waals surface area contributed by atoms with Crippen LogP contribution in [-0.2, 0) is 33.7 Å². The fourth-order valence-corrected chi connectivity index (χ4v) is 4.54. The van der Waals surface area contributed by atoms with Crippen molar-refractivity contribution in [2.45, 2.75) is 38.6 Å². The summed E-state index contributed by atoms with van der Waals surface area (Å²) in [6.45, 7) is 2.15. The molecule has 0 spiro atoms. The van der Waals surface area contributed by atoms with Crippen molar-refractivity contribution in [1.82, 2.24) is 4.57 Å². The summed E-state index contributed by atoms with van der Waals surface area (Å²) in [5.74, 6) is -1.37. The zero-order valence-corrected chi connectivity index (χ0v) is 20.7. The number of nitrogens with zero attached hydrogens (tertiary/aromatic N) is 1. The van der Waals surface area contributed by atoms with Gasteiger partial charge in [0.2, 0.25) is 0 Å². The summed E-state index contributed by atoms with van der Waals surface area (Å²) < 4.78 is 17.3. The number of hydrogen-bond donors (Lipinski definition) is 2. The lowest BCUT2D eigenvalue weighted by Crippen LogP contribution is -2.30. The molecule has 0 bridgehead atoms.